The molecule has 21 heavy (non-hydrogen) atoms. The fourth-order valence-electron chi connectivity index (χ4n) is 2.36. The van der Waals surface area contributed by atoms with Crippen LogP contribution in [-0.2, 0) is 0 Å². The van der Waals surface area contributed by atoms with Gasteiger partial charge in [0.25, 0.3) is 0 Å². The minimum absolute atomic E-state index is 0.107. The second-order valence-electron chi connectivity index (χ2n) is 4.59. The van der Waals surface area contributed by atoms with Crippen LogP contribution in [0.25, 0.3) is 22.2 Å². The molecule has 0 aliphatic rings. The van der Waals surface area contributed by atoms with Crippen LogP contribution >= 0.6 is 11.6 Å². The number of para-hydroxylation sites is 2. The Hall–Kier alpha value is -2.66. The van der Waals surface area contributed by atoms with Crippen molar-refractivity contribution in [3.8, 4) is 5.69 Å². The molecule has 2 heterocycles. The molecule has 0 amide bonds. The summed E-state index contributed by atoms with van der Waals surface area (Å²) >= 11 is 6.14. The van der Waals surface area contributed by atoms with E-state index in [1.54, 1.807) is 0 Å². The summed E-state index contributed by atoms with van der Waals surface area (Å²) in [6.07, 6.45) is 0. The lowest BCUT2D eigenvalue weighted by Crippen LogP contribution is -2.20. The van der Waals surface area contributed by atoms with Crippen molar-refractivity contribution in [2.24, 2.45) is 0 Å². The normalized spacial score (nSPS) is 11.3. The number of nitrogens with zero attached hydrogens (tertiary/aromatic N) is 4. The van der Waals surface area contributed by atoms with E-state index >= 15 is 0 Å². The van der Waals surface area contributed by atoms with Crippen molar-refractivity contribution in [3.05, 3.63) is 70.4 Å². The van der Waals surface area contributed by atoms with Crippen LogP contribution in [0.1, 0.15) is 0 Å². The molecule has 0 radical (unpaired) electrons. The Labute approximate surface area is 124 Å². The zero-order chi connectivity index (χ0) is 14.4. The summed E-state index contributed by atoms with van der Waals surface area (Å²) in [6.45, 7) is 0. The zero-order valence-corrected chi connectivity index (χ0v) is 11.5. The van der Waals surface area contributed by atoms with Gasteiger partial charge in [0.1, 0.15) is 0 Å². The molecule has 2 aromatic heterocycles. The highest BCUT2D eigenvalue weighted by Gasteiger charge is 2.15. The quantitative estimate of drug-likeness (QED) is 0.507. The van der Waals surface area contributed by atoms with E-state index in [1.165, 1.54) is 9.08 Å². The smallest absolute Gasteiger partial charge is 0.245 e. The molecule has 0 spiro atoms. The van der Waals surface area contributed by atoms with Gasteiger partial charge in [-0.15, -0.1) is 5.10 Å². The van der Waals surface area contributed by atoms with Gasteiger partial charge in [0.05, 0.1) is 11.2 Å². The molecular weight excluding hydrogens is 288 g/mol. The second-order valence-corrected chi connectivity index (χ2v) is 4.92. The van der Waals surface area contributed by atoms with Crippen molar-refractivity contribution in [2.75, 3.05) is 0 Å². The number of hydrogen-bond donors (Lipinski definition) is 0. The SMILES string of the molecule is O=c1n(-c2ccccc2)nc2c3ccccc3nc(Cl)n12. The zero-order valence-electron chi connectivity index (χ0n) is 10.8. The Morgan fingerprint density at radius 2 is 1.67 bits per heavy atom. The van der Waals surface area contributed by atoms with Gasteiger partial charge < -0.3 is 0 Å². The molecule has 102 valence electrons. The monoisotopic (exact) mass is 296 g/mol. The lowest BCUT2D eigenvalue weighted by molar-refractivity contribution is 0.836. The molecule has 0 fully saturated rings. The molecule has 6 heteroatoms. The van der Waals surface area contributed by atoms with Gasteiger partial charge >= 0.3 is 5.69 Å². The molecular formula is C15H9ClN4O. The van der Waals surface area contributed by atoms with Crippen LogP contribution in [-0.4, -0.2) is 19.2 Å². The van der Waals surface area contributed by atoms with Gasteiger partial charge in [-0.2, -0.15) is 4.68 Å². The second kappa shape index (κ2) is 4.43. The minimum Gasteiger partial charge on any atom is -0.245 e. The predicted molar refractivity (Wildman–Crippen MR) is 81.1 cm³/mol. The van der Waals surface area contributed by atoms with E-state index < -0.39 is 0 Å². The molecule has 0 aliphatic carbocycles. The maximum atomic E-state index is 12.5. The molecule has 4 aromatic rings. The summed E-state index contributed by atoms with van der Waals surface area (Å²) in [4.78, 5) is 16.8. The molecule has 0 bridgehead atoms. The van der Waals surface area contributed by atoms with Crippen LogP contribution in [0.2, 0.25) is 5.28 Å². The highest BCUT2D eigenvalue weighted by atomic mass is 35.5. The van der Waals surface area contributed by atoms with Crippen molar-refractivity contribution in [2.45, 2.75) is 0 Å². The van der Waals surface area contributed by atoms with Crippen LogP contribution in [0, 0.1) is 0 Å². The Kier molecular flexibility index (Phi) is 2.55. The highest BCUT2D eigenvalue weighted by Crippen LogP contribution is 2.19. The molecule has 0 saturated heterocycles. The lowest BCUT2D eigenvalue weighted by atomic mass is 10.2. The van der Waals surface area contributed by atoms with Gasteiger partial charge in [-0.25, -0.2) is 14.2 Å². The summed E-state index contributed by atoms with van der Waals surface area (Å²) in [5.41, 5.74) is 1.56. The van der Waals surface area contributed by atoms with Gasteiger partial charge in [-0.3, -0.25) is 0 Å². The summed E-state index contributed by atoms with van der Waals surface area (Å²) in [5, 5.41) is 5.31. The van der Waals surface area contributed by atoms with Crippen LogP contribution in [0.5, 0.6) is 0 Å². The first-order chi connectivity index (χ1) is 10.3. The van der Waals surface area contributed by atoms with Crippen molar-refractivity contribution < 1.29 is 0 Å². The maximum Gasteiger partial charge on any atom is 0.357 e. The van der Waals surface area contributed by atoms with Gasteiger partial charge in [-0.1, -0.05) is 30.3 Å². The largest absolute Gasteiger partial charge is 0.357 e. The third kappa shape index (κ3) is 1.75. The van der Waals surface area contributed by atoms with Crippen molar-refractivity contribution >= 4 is 28.2 Å². The summed E-state index contributed by atoms with van der Waals surface area (Å²) < 4.78 is 2.65. The van der Waals surface area contributed by atoms with Gasteiger partial charge in [0, 0.05) is 5.39 Å². The van der Waals surface area contributed by atoms with Crippen LogP contribution in [0.15, 0.2) is 59.4 Å². The van der Waals surface area contributed by atoms with E-state index in [4.69, 9.17) is 11.6 Å². The molecule has 0 atom stereocenters. The fraction of sp³-hybridized carbons (Fsp3) is 0. The Bertz CT molecular complexity index is 1020. The average molecular weight is 297 g/mol. The maximum absolute atomic E-state index is 12.5. The minimum atomic E-state index is -0.334. The van der Waals surface area contributed by atoms with Crippen molar-refractivity contribution in [1.29, 1.82) is 0 Å². The van der Waals surface area contributed by atoms with E-state index in [9.17, 15) is 4.79 Å². The van der Waals surface area contributed by atoms with Gasteiger partial charge in [-0.05, 0) is 35.9 Å². The standard InChI is InChI=1S/C15H9ClN4O/c16-14-17-12-9-5-4-8-11(12)13-18-20(15(21)19(13)14)10-6-2-1-3-7-10/h1-9H. The van der Waals surface area contributed by atoms with E-state index in [0.717, 1.165) is 5.39 Å². The number of hydrogen-bond acceptors (Lipinski definition) is 3. The number of halogens is 1. The van der Waals surface area contributed by atoms with Crippen LogP contribution in [0.3, 0.4) is 0 Å². The number of rotatable bonds is 1. The Morgan fingerprint density at radius 1 is 0.952 bits per heavy atom. The van der Waals surface area contributed by atoms with Crippen LogP contribution in [0.4, 0.5) is 0 Å². The lowest BCUT2D eigenvalue weighted by Gasteiger charge is -1.99. The van der Waals surface area contributed by atoms with E-state index in [-0.39, 0.29) is 11.0 Å². The van der Waals surface area contributed by atoms with Gasteiger partial charge in [0.2, 0.25) is 5.28 Å². The topological polar surface area (TPSA) is 52.2 Å². The van der Waals surface area contributed by atoms with E-state index in [1.807, 2.05) is 54.6 Å². The molecule has 0 saturated carbocycles. The molecule has 0 aliphatic heterocycles. The first-order valence-corrected chi connectivity index (χ1v) is 6.75. The Balaban J connectivity index is 2.18. The fourth-order valence-corrected chi connectivity index (χ4v) is 2.60. The first-order valence-electron chi connectivity index (χ1n) is 6.37. The van der Waals surface area contributed by atoms with E-state index in [0.29, 0.717) is 16.9 Å². The molecule has 4 rings (SSSR count). The molecule has 5 nitrogen and oxygen atoms in total. The van der Waals surface area contributed by atoms with Crippen LogP contribution < -0.4 is 5.69 Å². The molecule has 0 unspecified atom stereocenters. The van der Waals surface area contributed by atoms with Crippen molar-refractivity contribution in [1.82, 2.24) is 19.2 Å². The van der Waals surface area contributed by atoms with Gasteiger partial charge in [0.15, 0.2) is 5.65 Å². The molecule has 2 aromatic carbocycles. The third-order valence-corrected chi connectivity index (χ3v) is 3.58. The summed E-state index contributed by atoms with van der Waals surface area (Å²) in [5.74, 6) is 0. The third-order valence-electron chi connectivity index (χ3n) is 3.32. The summed E-state index contributed by atoms with van der Waals surface area (Å²) in [7, 11) is 0. The predicted octanol–water partition coefficient (Wildman–Crippen LogP) is 2.69. The summed E-state index contributed by atoms with van der Waals surface area (Å²) in [6, 6.07) is 16.7. The van der Waals surface area contributed by atoms with Crippen molar-refractivity contribution in [3.63, 3.8) is 0 Å². The average Bonchev–Trinajstić information content (AvgIpc) is 2.87. The number of benzene rings is 2. The first kappa shape index (κ1) is 12.1. The number of aromatic nitrogens is 4. The number of fused-ring (bicyclic) bond motifs is 3. The molecule has 0 N–H and O–H groups in total. The highest BCUT2D eigenvalue weighted by molar-refractivity contribution is 6.29. The van der Waals surface area contributed by atoms with E-state index in [2.05, 4.69) is 10.1 Å². The Morgan fingerprint density at radius 3 is 2.48 bits per heavy atom.